The Balaban J connectivity index is 1.82. The van der Waals surface area contributed by atoms with Gasteiger partial charge in [-0.05, 0) is 48.4 Å². The lowest BCUT2D eigenvalue weighted by atomic mass is 9.83. The van der Waals surface area contributed by atoms with E-state index in [0.717, 1.165) is 18.6 Å². The van der Waals surface area contributed by atoms with Crippen LogP contribution in [0.15, 0.2) is 41.3 Å². The second-order valence-corrected chi connectivity index (χ2v) is 8.28. The summed E-state index contributed by atoms with van der Waals surface area (Å²) in [5.41, 5.74) is 0. The number of halogens is 1. The average molecular weight is 348 g/mol. The number of hydrogen-bond donors (Lipinski definition) is 1. The number of rotatable bonds is 5. The molecule has 1 fully saturated rings. The SMILES string of the molecule is N#CCNC(=O)C1C2C=CC(C2)C1CS(=O)(=O)c1ccc(F)cc1. The van der Waals surface area contributed by atoms with E-state index in [0.29, 0.717) is 0 Å². The van der Waals surface area contributed by atoms with Crippen LogP contribution < -0.4 is 5.32 Å². The van der Waals surface area contributed by atoms with Crippen LogP contribution in [0.25, 0.3) is 0 Å². The normalized spacial score (nSPS) is 27.8. The Labute approximate surface area is 140 Å². The summed E-state index contributed by atoms with van der Waals surface area (Å²) in [4.78, 5) is 12.4. The Morgan fingerprint density at radius 3 is 2.58 bits per heavy atom. The Morgan fingerprint density at radius 1 is 1.25 bits per heavy atom. The molecule has 0 radical (unpaired) electrons. The summed E-state index contributed by atoms with van der Waals surface area (Å²) in [5, 5.41) is 11.2. The second-order valence-electron chi connectivity index (χ2n) is 6.25. The van der Waals surface area contributed by atoms with Gasteiger partial charge >= 0.3 is 0 Å². The standard InChI is InChI=1S/C17H17FN2O3S/c18-13-3-5-14(6-4-13)24(22,23)10-15-11-1-2-12(9-11)16(15)17(21)20-8-7-19/h1-6,11-12,15-16H,8-10H2,(H,20,21). The molecule has 0 spiro atoms. The van der Waals surface area contributed by atoms with Crippen molar-refractivity contribution >= 4 is 15.7 Å². The van der Waals surface area contributed by atoms with Gasteiger partial charge < -0.3 is 5.32 Å². The third-order valence-corrected chi connectivity index (χ3v) is 6.67. The lowest BCUT2D eigenvalue weighted by Gasteiger charge is -2.26. The Hall–Kier alpha value is -2.20. The van der Waals surface area contributed by atoms with Gasteiger partial charge in [0.15, 0.2) is 9.84 Å². The van der Waals surface area contributed by atoms with Crippen LogP contribution in [0.4, 0.5) is 4.39 Å². The van der Waals surface area contributed by atoms with E-state index in [1.54, 1.807) is 0 Å². The summed E-state index contributed by atoms with van der Waals surface area (Å²) in [6.07, 6.45) is 4.69. The number of allylic oxidation sites excluding steroid dienone is 2. The zero-order valence-electron chi connectivity index (χ0n) is 12.9. The van der Waals surface area contributed by atoms with Gasteiger partial charge in [0.25, 0.3) is 0 Å². The number of nitrogens with zero attached hydrogens (tertiary/aromatic N) is 1. The summed E-state index contributed by atoms with van der Waals surface area (Å²) in [6, 6.07) is 6.59. The smallest absolute Gasteiger partial charge is 0.224 e. The van der Waals surface area contributed by atoms with Gasteiger partial charge in [0.1, 0.15) is 12.4 Å². The summed E-state index contributed by atoms with van der Waals surface area (Å²) in [5.74, 6) is -1.63. The molecule has 7 heteroatoms. The third kappa shape index (κ3) is 3.06. The number of amides is 1. The quantitative estimate of drug-likeness (QED) is 0.498. The van der Waals surface area contributed by atoms with E-state index in [1.165, 1.54) is 12.1 Å². The number of nitriles is 1. The molecule has 4 unspecified atom stereocenters. The molecule has 0 saturated heterocycles. The molecule has 1 saturated carbocycles. The largest absolute Gasteiger partial charge is 0.343 e. The number of carbonyl (C=O) groups excluding carboxylic acids is 1. The molecule has 24 heavy (non-hydrogen) atoms. The molecule has 0 aromatic heterocycles. The van der Waals surface area contributed by atoms with Crippen molar-refractivity contribution in [3.63, 3.8) is 0 Å². The van der Waals surface area contributed by atoms with Crippen molar-refractivity contribution in [3.8, 4) is 6.07 Å². The van der Waals surface area contributed by atoms with Crippen LogP contribution in [0, 0.1) is 40.8 Å². The highest BCUT2D eigenvalue weighted by Crippen LogP contribution is 2.48. The van der Waals surface area contributed by atoms with E-state index in [4.69, 9.17) is 5.26 Å². The van der Waals surface area contributed by atoms with Gasteiger partial charge in [-0.15, -0.1) is 0 Å². The average Bonchev–Trinajstić information content (AvgIpc) is 3.14. The van der Waals surface area contributed by atoms with Crippen molar-refractivity contribution in [2.75, 3.05) is 12.3 Å². The van der Waals surface area contributed by atoms with Crippen molar-refractivity contribution < 1.29 is 17.6 Å². The molecule has 126 valence electrons. The number of fused-ring (bicyclic) bond motifs is 2. The van der Waals surface area contributed by atoms with E-state index < -0.39 is 21.6 Å². The number of sulfone groups is 1. The minimum Gasteiger partial charge on any atom is -0.343 e. The predicted octanol–water partition coefficient (Wildman–Crippen LogP) is 1.68. The highest BCUT2D eigenvalue weighted by Gasteiger charge is 2.49. The molecule has 4 atom stereocenters. The Morgan fingerprint density at radius 2 is 1.92 bits per heavy atom. The Bertz CT molecular complexity index is 811. The first kappa shape index (κ1) is 16.7. The molecule has 1 aromatic carbocycles. The van der Waals surface area contributed by atoms with Crippen LogP contribution in [0.3, 0.4) is 0 Å². The highest BCUT2D eigenvalue weighted by atomic mass is 32.2. The molecular formula is C17H17FN2O3S. The molecule has 1 aromatic rings. The maximum Gasteiger partial charge on any atom is 0.224 e. The zero-order chi connectivity index (χ0) is 17.3. The fourth-order valence-corrected chi connectivity index (χ4v) is 5.48. The first-order valence-electron chi connectivity index (χ1n) is 7.73. The molecule has 1 N–H and O–H groups in total. The first-order chi connectivity index (χ1) is 11.4. The fraction of sp³-hybridized carbons (Fsp3) is 0.412. The Kier molecular flexibility index (Phi) is 4.41. The van der Waals surface area contributed by atoms with Gasteiger partial charge in [-0.2, -0.15) is 5.26 Å². The van der Waals surface area contributed by atoms with E-state index in [9.17, 15) is 17.6 Å². The van der Waals surface area contributed by atoms with E-state index in [-0.39, 0.29) is 40.9 Å². The molecule has 3 rings (SSSR count). The summed E-state index contributed by atoms with van der Waals surface area (Å²) in [6.45, 7) is -0.0894. The molecule has 1 amide bonds. The van der Waals surface area contributed by atoms with Crippen molar-refractivity contribution in [2.24, 2.45) is 23.7 Å². The third-order valence-electron chi connectivity index (χ3n) is 4.85. The summed E-state index contributed by atoms with van der Waals surface area (Å²) in [7, 11) is -3.62. The molecule has 2 aliphatic rings. The van der Waals surface area contributed by atoms with Crippen LogP contribution in [0.1, 0.15) is 6.42 Å². The van der Waals surface area contributed by atoms with Crippen LogP contribution in [0.5, 0.6) is 0 Å². The summed E-state index contributed by atoms with van der Waals surface area (Å²) >= 11 is 0. The molecule has 5 nitrogen and oxygen atoms in total. The van der Waals surface area contributed by atoms with Crippen LogP contribution in [-0.2, 0) is 14.6 Å². The van der Waals surface area contributed by atoms with Crippen LogP contribution in [0.2, 0.25) is 0 Å². The molecule has 0 heterocycles. The van der Waals surface area contributed by atoms with Crippen molar-refractivity contribution in [1.82, 2.24) is 5.32 Å². The molecule has 2 aliphatic carbocycles. The maximum absolute atomic E-state index is 13.0. The highest BCUT2D eigenvalue weighted by molar-refractivity contribution is 7.91. The van der Waals surface area contributed by atoms with Gasteiger partial charge in [0.2, 0.25) is 5.91 Å². The van der Waals surface area contributed by atoms with Gasteiger partial charge in [-0.3, -0.25) is 4.79 Å². The number of benzene rings is 1. The monoisotopic (exact) mass is 348 g/mol. The zero-order valence-corrected chi connectivity index (χ0v) is 13.7. The second kappa shape index (κ2) is 6.36. The predicted molar refractivity (Wildman–Crippen MR) is 84.8 cm³/mol. The lowest BCUT2D eigenvalue weighted by Crippen LogP contribution is -2.39. The molecular weight excluding hydrogens is 331 g/mol. The number of nitrogens with one attached hydrogen (secondary N) is 1. The van der Waals surface area contributed by atoms with Crippen molar-refractivity contribution in [2.45, 2.75) is 11.3 Å². The van der Waals surface area contributed by atoms with Crippen LogP contribution in [-0.4, -0.2) is 26.6 Å². The first-order valence-corrected chi connectivity index (χ1v) is 9.39. The van der Waals surface area contributed by atoms with E-state index >= 15 is 0 Å². The van der Waals surface area contributed by atoms with Gasteiger partial charge in [0.05, 0.1) is 16.7 Å². The van der Waals surface area contributed by atoms with Crippen LogP contribution >= 0.6 is 0 Å². The minimum absolute atomic E-state index is 0.0158. The van der Waals surface area contributed by atoms with E-state index in [2.05, 4.69) is 5.32 Å². The fourth-order valence-electron chi connectivity index (χ4n) is 3.78. The molecule has 2 bridgehead atoms. The minimum atomic E-state index is -3.62. The van der Waals surface area contributed by atoms with Gasteiger partial charge in [-0.25, -0.2) is 12.8 Å². The van der Waals surface area contributed by atoms with Gasteiger partial charge in [-0.1, -0.05) is 12.2 Å². The van der Waals surface area contributed by atoms with Gasteiger partial charge in [0, 0.05) is 5.92 Å². The van der Waals surface area contributed by atoms with E-state index in [1.807, 2.05) is 18.2 Å². The number of hydrogen-bond acceptors (Lipinski definition) is 4. The lowest BCUT2D eigenvalue weighted by molar-refractivity contribution is -0.126. The maximum atomic E-state index is 13.0. The molecule has 0 aliphatic heterocycles. The number of carbonyl (C=O) groups is 1. The van der Waals surface area contributed by atoms with Crippen molar-refractivity contribution in [1.29, 1.82) is 5.26 Å². The summed E-state index contributed by atoms with van der Waals surface area (Å²) < 4.78 is 38.3. The van der Waals surface area contributed by atoms with Crippen molar-refractivity contribution in [3.05, 3.63) is 42.2 Å². The topological polar surface area (TPSA) is 87.0 Å².